The van der Waals surface area contributed by atoms with Crippen molar-refractivity contribution in [3.63, 3.8) is 0 Å². The van der Waals surface area contributed by atoms with Crippen LogP contribution in [0.1, 0.15) is 12.5 Å². The number of amides is 1. The van der Waals surface area contributed by atoms with Crippen LogP contribution in [0.4, 0.5) is 5.82 Å². The normalized spacial score (nSPS) is 10.1. The number of nitrogens with zero attached hydrogens (tertiary/aromatic N) is 1. The molecule has 0 aliphatic heterocycles. The minimum Gasteiger partial charge on any atom is -0.494 e. The molecule has 1 amide bonds. The summed E-state index contributed by atoms with van der Waals surface area (Å²) < 4.78 is 10.7. The second-order valence-corrected chi connectivity index (χ2v) is 4.17. The summed E-state index contributed by atoms with van der Waals surface area (Å²) >= 11 is 0. The molecule has 2 aromatic rings. The van der Waals surface area contributed by atoms with Gasteiger partial charge in [0, 0.05) is 5.56 Å². The third-order valence-corrected chi connectivity index (χ3v) is 2.60. The molecule has 0 radical (unpaired) electrons. The van der Waals surface area contributed by atoms with Crippen molar-refractivity contribution >= 4 is 11.7 Å². The predicted octanol–water partition coefficient (Wildman–Crippen LogP) is 2.13. The number of aromatic nitrogens is 2. The SMILES string of the molecule is CCOc1ccc(OCC(=O)Nc2[nH]ncc2C)cc1. The molecule has 0 unspecified atom stereocenters. The highest BCUT2D eigenvalue weighted by molar-refractivity contribution is 5.91. The van der Waals surface area contributed by atoms with Crippen LogP contribution in [0.15, 0.2) is 30.5 Å². The van der Waals surface area contributed by atoms with Crippen LogP contribution in [0.2, 0.25) is 0 Å². The first-order valence-electron chi connectivity index (χ1n) is 6.34. The fourth-order valence-electron chi connectivity index (χ4n) is 1.60. The van der Waals surface area contributed by atoms with E-state index in [9.17, 15) is 4.79 Å². The Hall–Kier alpha value is -2.50. The van der Waals surface area contributed by atoms with Gasteiger partial charge in [-0.15, -0.1) is 0 Å². The third kappa shape index (κ3) is 3.74. The summed E-state index contributed by atoms with van der Waals surface area (Å²) in [6, 6.07) is 7.13. The molecule has 0 aliphatic rings. The number of ether oxygens (including phenoxy) is 2. The smallest absolute Gasteiger partial charge is 0.263 e. The van der Waals surface area contributed by atoms with Gasteiger partial charge >= 0.3 is 0 Å². The van der Waals surface area contributed by atoms with Gasteiger partial charge in [0.05, 0.1) is 12.8 Å². The van der Waals surface area contributed by atoms with Crippen molar-refractivity contribution in [3.05, 3.63) is 36.0 Å². The zero-order valence-corrected chi connectivity index (χ0v) is 11.5. The molecule has 0 spiro atoms. The second-order valence-electron chi connectivity index (χ2n) is 4.17. The van der Waals surface area contributed by atoms with Crippen LogP contribution in [-0.4, -0.2) is 29.3 Å². The summed E-state index contributed by atoms with van der Waals surface area (Å²) in [4.78, 5) is 11.7. The lowest BCUT2D eigenvalue weighted by Crippen LogP contribution is -2.20. The molecule has 0 saturated heterocycles. The van der Waals surface area contributed by atoms with Crippen molar-refractivity contribution in [2.75, 3.05) is 18.5 Å². The Morgan fingerprint density at radius 1 is 1.25 bits per heavy atom. The van der Waals surface area contributed by atoms with Gasteiger partial charge in [-0.05, 0) is 38.1 Å². The molecule has 6 heteroatoms. The first-order chi connectivity index (χ1) is 9.69. The first-order valence-corrected chi connectivity index (χ1v) is 6.34. The molecule has 6 nitrogen and oxygen atoms in total. The second kappa shape index (κ2) is 6.60. The van der Waals surface area contributed by atoms with Gasteiger partial charge in [0.25, 0.3) is 5.91 Å². The van der Waals surface area contributed by atoms with Crippen LogP contribution < -0.4 is 14.8 Å². The fraction of sp³-hybridized carbons (Fsp3) is 0.286. The lowest BCUT2D eigenvalue weighted by molar-refractivity contribution is -0.118. The maximum Gasteiger partial charge on any atom is 0.263 e. The number of benzene rings is 1. The van der Waals surface area contributed by atoms with Crippen LogP contribution in [0.5, 0.6) is 11.5 Å². The Morgan fingerprint density at radius 2 is 1.90 bits per heavy atom. The molecule has 0 atom stereocenters. The van der Waals surface area contributed by atoms with E-state index in [0.717, 1.165) is 11.3 Å². The highest BCUT2D eigenvalue weighted by atomic mass is 16.5. The zero-order valence-electron chi connectivity index (χ0n) is 11.5. The Kier molecular flexibility index (Phi) is 4.60. The molecule has 106 valence electrons. The highest BCUT2D eigenvalue weighted by Crippen LogP contribution is 2.17. The van der Waals surface area contributed by atoms with Gasteiger partial charge < -0.3 is 14.8 Å². The van der Waals surface area contributed by atoms with E-state index < -0.39 is 0 Å². The minimum absolute atomic E-state index is 0.0631. The topological polar surface area (TPSA) is 76.2 Å². The van der Waals surface area contributed by atoms with Gasteiger partial charge in [-0.25, -0.2) is 0 Å². The first kappa shape index (κ1) is 13.9. The summed E-state index contributed by atoms with van der Waals surface area (Å²) in [7, 11) is 0. The van der Waals surface area contributed by atoms with Crippen molar-refractivity contribution in [1.82, 2.24) is 10.2 Å². The van der Waals surface area contributed by atoms with E-state index in [1.165, 1.54) is 0 Å². The summed E-state index contributed by atoms with van der Waals surface area (Å²) in [5.74, 6) is 1.74. The van der Waals surface area contributed by atoms with Gasteiger partial charge in [-0.2, -0.15) is 5.10 Å². The van der Waals surface area contributed by atoms with E-state index in [0.29, 0.717) is 18.2 Å². The van der Waals surface area contributed by atoms with Crippen LogP contribution >= 0.6 is 0 Å². The van der Waals surface area contributed by atoms with Crippen molar-refractivity contribution in [1.29, 1.82) is 0 Å². The summed E-state index contributed by atoms with van der Waals surface area (Å²) in [6.45, 7) is 4.33. The molecule has 0 bridgehead atoms. The molecular formula is C14H17N3O3. The van der Waals surface area contributed by atoms with Crippen LogP contribution in [-0.2, 0) is 4.79 Å². The average Bonchev–Trinajstić information content (AvgIpc) is 2.84. The zero-order chi connectivity index (χ0) is 14.4. The summed E-state index contributed by atoms with van der Waals surface area (Å²) in [5, 5.41) is 9.21. The Labute approximate surface area is 117 Å². The highest BCUT2D eigenvalue weighted by Gasteiger charge is 2.07. The fourth-order valence-corrected chi connectivity index (χ4v) is 1.60. The maximum absolute atomic E-state index is 11.7. The van der Waals surface area contributed by atoms with Gasteiger partial charge in [-0.1, -0.05) is 0 Å². The van der Waals surface area contributed by atoms with E-state index in [1.54, 1.807) is 30.5 Å². The molecule has 0 fully saturated rings. The molecule has 0 aliphatic carbocycles. The van der Waals surface area contributed by atoms with E-state index >= 15 is 0 Å². The number of hydrogen-bond acceptors (Lipinski definition) is 4. The quantitative estimate of drug-likeness (QED) is 0.846. The molecular weight excluding hydrogens is 258 g/mol. The lowest BCUT2D eigenvalue weighted by Gasteiger charge is -2.08. The van der Waals surface area contributed by atoms with Crippen LogP contribution in [0, 0.1) is 6.92 Å². The Morgan fingerprint density at radius 3 is 2.45 bits per heavy atom. The number of anilines is 1. The van der Waals surface area contributed by atoms with E-state index in [1.807, 2.05) is 13.8 Å². The van der Waals surface area contributed by atoms with Gasteiger partial charge in [0.1, 0.15) is 17.3 Å². The minimum atomic E-state index is -0.244. The standard InChI is InChI=1S/C14H17N3O3/c1-3-19-11-4-6-12(7-5-11)20-9-13(18)16-14-10(2)8-15-17-14/h4-8H,3,9H2,1-2H3,(H2,15,16,17,18). The molecule has 1 aromatic heterocycles. The van der Waals surface area contributed by atoms with E-state index in [-0.39, 0.29) is 12.5 Å². The summed E-state index contributed by atoms with van der Waals surface area (Å²) in [5.41, 5.74) is 0.874. The number of carbonyl (C=O) groups excluding carboxylic acids is 1. The number of nitrogens with one attached hydrogen (secondary N) is 2. The molecule has 2 N–H and O–H groups in total. The number of H-pyrrole nitrogens is 1. The molecule has 1 heterocycles. The van der Waals surface area contributed by atoms with Gasteiger partial charge in [-0.3, -0.25) is 9.89 Å². The third-order valence-electron chi connectivity index (χ3n) is 2.60. The lowest BCUT2D eigenvalue weighted by atomic mass is 10.3. The van der Waals surface area contributed by atoms with Crippen molar-refractivity contribution in [2.24, 2.45) is 0 Å². The number of hydrogen-bond donors (Lipinski definition) is 2. The molecule has 2 rings (SSSR count). The van der Waals surface area contributed by atoms with Crippen molar-refractivity contribution in [3.8, 4) is 11.5 Å². The van der Waals surface area contributed by atoms with Crippen LogP contribution in [0.25, 0.3) is 0 Å². The monoisotopic (exact) mass is 275 g/mol. The number of rotatable bonds is 6. The summed E-state index contributed by atoms with van der Waals surface area (Å²) in [6.07, 6.45) is 1.64. The van der Waals surface area contributed by atoms with E-state index in [4.69, 9.17) is 9.47 Å². The number of carbonyl (C=O) groups is 1. The predicted molar refractivity (Wildman–Crippen MR) is 75.1 cm³/mol. The van der Waals surface area contributed by atoms with Crippen molar-refractivity contribution < 1.29 is 14.3 Å². The van der Waals surface area contributed by atoms with Crippen molar-refractivity contribution in [2.45, 2.75) is 13.8 Å². The van der Waals surface area contributed by atoms with Crippen LogP contribution in [0.3, 0.4) is 0 Å². The van der Waals surface area contributed by atoms with Gasteiger partial charge in [0.15, 0.2) is 6.61 Å². The number of aryl methyl sites for hydroxylation is 1. The molecule has 1 aromatic carbocycles. The van der Waals surface area contributed by atoms with E-state index in [2.05, 4.69) is 15.5 Å². The Bertz CT molecular complexity index is 563. The Balaban J connectivity index is 1.82. The van der Waals surface area contributed by atoms with Gasteiger partial charge in [0.2, 0.25) is 0 Å². The number of aromatic amines is 1. The maximum atomic E-state index is 11.7. The largest absolute Gasteiger partial charge is 0.494 e. The molecule has 20 heavy (non-hydrogen) atoms. The average molecular weight is 275 g/mol. The molecule has 0 saturated carbocycles.